The Labute approximate surface area is 277 Å². The van der Waals surface area contributed by atoms with Crippen LogP contribution in [0.5, 0.6) is 17.2 Å². The van der Waals surface area contributed by atoms with Gasteiger partial charge in [-0.2, -0.15) is 0 Å². The molecule has 3 aromatic carbocycles. The first-order valence-electron chi connectivity index (χ1n) is 14.6. The Bertz CT molecular complexity index is 1710. The number of carbonyl (C=O) groups excluding carboxylic acids is 3. The molecule has 4 rings (SSSR count). The van der Waals surface area contributed by atoms with E-state index in [0.717, 1.165) is 0 Å². The second kappa shape index (κ2) is 14.3. The molecule has 47 heavy (non-hydrogen) atoms. The number of nitrogens with zero attached hydrogens (tertiary/aromatic N) is 1. The third-order valence-electron chi connectivity index (χ3n) is 7.68. The first kappa shape index (κ1) is 35.1. The van der Waals surface area contributed by atoms with Crippen LogP contribution in [0.2, 0.25) is 5.02 Å². The predicted molar refractivity (Wildman–Crippen MR) is 174 cm³/mol. The molecule has 0 aromatic heterocycles. The van der Waals surface area contributed by atoms with E-state index in [2.05, 4.69) is 0 Å². The number of hydrogen-bond acceptors (Lipinski definition) is 10. The Hall–Kier alpha value is -4.81. The van der Waals surface area contributed by atoms with Gasteiger partial charge in [-0.25, -0.2) is 4.79 Å². The highest BCUT2D eigenvalue weighted by Crippen LogP contribution is 2.46. The van der Waals surface area contributed by atoms with Crippen LogP contribution in [-0.4, -0.2) is 69.3 Å². The highest BCUT2D eigenvalue weighted by atomic mass is 35.5. The third kappa shape index (κ3) is 7.44. The molecule has 0 unspecified atom stereocenters. The van der Waals surface area contributed by atoms with E-state index in [1.807, 2.05) is 13.8 Å². The van der Waals surface area contributed by atoms with Crippen molar-refractivity contribution in [3.63, 3.8) is 0 Å². The van der Waals surface area contributed by atoms with E-state index >= 15 is 0 Å². The summed E-state index contributed by atoms with van der Waals surface area (Å²) in [6, 6.07) is 12.7. The third-order valence-corrected chi connectivity index (χ3v) is 7.92. The number of amides is 1. The predicted octanol–water partition coefficient (Wildman–Crippen LogP) is 5.33. The molecule has 0 saturated carbocycles. The fraction of sp³-hybridized carbons (Fsp3) is 0.353. The van der Waals surface area contributed by atoms with Crippen molar-refractivity contribution >= 4 is 46.6 Å². The molecule has 0 fully saturated rings. The van der Waals surface area contributed by atoms with E-state index in [4.69, 9.17) is 41.0 Å². The Morgan fingerprint density at radius 1 is 1.00 bits per heavy atom. The van der Waals surface area contributed by atoms with Crippen LogP contribution in [-0.2, 0) is 19.1 Å². The average molecular weight is 669 g/mol. The minimum Gasteiger partial charge on any atom is -0.496 e. The van der Waals surface area contributed by atoms with Crippen LogP contribution in [0.15, 0.2) is 48.5 Å². The van der Waals surface area contributed by atoms with E-state index in [-0.39, 0.29) is 35.7 Å². The van der Waals surface area contributed by atoms with Gasteiger partial charge in [0, 0.05) is 47.1 Å². The SMILES string of the molecule is COc1cccc([C@H]2O[C@H](CC(=O)c3c(OC)ccc(C(=O)O)c3N)C(=O)N(CC(C)(C)COC(C)=O)c3ccc(Cl)cc32)c1OC. The second-order valence-corrected chi connectivity index (χ2v) is 12.1. The van der Waals surface area contributed by atoms with Gasteiger partial charge in [0.2, 0.25) is 0 Å². The first-order valence-corrected chi connectivity index (χ1v) is 14.9. The largest absolute Gasteiger partial charge is 0.496 e. The monoisotopic (exact) mass is 668 g/mol. The summed E-state index contributed by atoms with van der Waals surface area (Å²) in [7, 11) is 4.27. The fourth-order valence-corrected chi connectivity index (χ4v) is 5.69. The molecule has 3 N–H and O–H groups in total. The molecule has 13 heteroatoms. The number of anilines is 2. The molecule has 0 radical (unpaired) electrons. The zero-order valence-corrected chi connectivity index (χ0v) is 27.7. The minimum atomic E-state index is -1.42. The quantitative estimate of drug-likeness (QED) is 0.146. The summed E-state index contributed by atoms with van der Waals surface area (Å²) in [5.74, 6) is -2.28. The van der Waals surface area contributed by atoms with Crippen LogP contribution in [0.4, 0.5) is 11.4 Å². The van der Waals surface area contributed by atoms with Crippen LogP contribution < -0.4 is 24.8 Å². The molecule has 1 heterocycles. The lowest BCUT2D eigenvalue weighted by molar-refractivity contribution is -0.143. The number of nitrogens with two attached hydrogens (primary N) is 1. The maximum absolute atomic E-state index is 14.5. The molecule has 1 amide bonds. The number of rotatable bonds is 12. The van der Waals surface area contributed by atoms with Crippen molar-refractivity contribution in [2.45, 2.75) is 39.4 Å². The number of ketones is 1. The van der Waals surface area contributed by atoms with Crippen molar-refractivity contribution in [3.8, 4) is 17.2 Å². The number of benzene rings is 3. The molecule has 12 nitrogen and oxygen atoms in total. The number of ether oxygens (including phenoxy) is 5. The topological polar surface area (TPSA) is 164 Å². The normalized spacial score (nSPS) is 16.1. The number of methoxy groups -OCH3 is 3. The fourth-order valence-electron chi connectivity index (χ4n) is 5.51. The van der Waals surface area contributed by atoms with E-state index in [9.17, 15) is 24.3 Å². The maximum Gasteiger partial charge on any atom is 0.337 e. The maximum atomic E-state index is 14.5. The van der Waals surface area contributed by atoms with Crippen molar-refractivity contribution in [2.75, 3.05) is 45.1 Å². The van der Waals surface area contributed by atoms with E-state index in [0.29, 0.717) is 33.3 Å². The van der Waals surface area contributed by atoms with Gasteiger partial charge in [0.05, 0.1) is 44.8 Å². The molecule has 250 valence electrons. The van der Waals surface area contributed by atoms with E-state index < -0.39 is 47.7 Å². The highest BCUT2D eigenvalue weighted by molar-refractivity contribution is 6.30. The lowest BCUT2D eigenvalue weighted by atomic mass is 9.92. The molecular formula is C34H37ClN2O10. The first-order chi connectivity index (χ1) is 22.2. The van der Waals surface area contributed by atoms with Crippen molar-refractivity contribution < 1.29 is 48.0 Å². The van der Waals surface area contributed by atoms with Crippen LogP contribution in [0, 0.1) is 5.41 Å². The number of para-hydroxylation sites is 1. The molecule has 0 spiro atoms. The van der Waals surface area contributed by atoms with Gasteiger partial charge in [-0.15, -0.1) is 0 Å². The molecule has 0 saturated heterocycles. The van der Waals surface area contributed by atoms with Crippen LogP contribution in [0.1, 0.15) is 65.1 Å². The number of carboxylic acid groups (broad SMARTS) is 1. The van der Waals surface area contributed by atoms with Gasteiger partial charge < -0.3 is 39.4 Å². The van der Waals surface area contributed by atoms with Crippen molar-refractivity contribution in [1.82, 2.24) is 0 Å². The summed E-state index contributed by atoms with van der Waals surface area (Å²) >= 11 is 6.51. The number of nitrogen functional groups attached to an aromatic ring is 1. The zero-order valence-electron chi connectivity index (χ0n) is 26.9. The van der Waals surface area contributed by atoms with Gasteiger partial charge in [0.25, 0.3) is 5.91 Å². The number of aromatic carboxylic acids is 1. The number of Topliss-reactive ketones (excluding diaryl/α,β-unsaturated/α-hetero) is 1. The highest BCUT2D eigenvalue weighted by Gasteiger charge is 2.41. The number of fused-ring (bicyclic) bond motifs is 1. The standard InChI is InChI=1S/C34H37ClN2O10/c1-18(38)46-17-34(2,3)16-37-23-12-10-19(35)14-22(23)30(21-8-7-9-26(44-5)31(21)45-6)47-27(32(37)40)15-24(39)28-25(43-4)13-11-20(29(28)36)33(41)42/h7-14,27,30H,15-17,36H2,1-6H3,(H,41,42)/t27-,30-/m1/s1. The summed E-state index contributed by atoms with van der Waals surface area (Å²) in [5, 5.41) is 10.0. The second-order valence-electron chi connectivity index (χ2n) is 11.7. The van der Waals surface area contributed by atoms with Crippen molar-refractivity contribution in [2.24, 2.45) is 5.41 Å². The number of halogens is 1. The molecule has 2 atom stereocenters. The Morgan fingerprint density at radius 3 is 2.32 bits per heavy atom. The molecule has 0 aliphatic carbocycles. The van der Waals surface area contributed by atoms with Gasteiger partial charge >= 0.3 is 11.9 Å². The summed E-state index contributed by atoms with van der Waals surface area (Å²) in [4.78, 5) is 53.5. The van der Waals surface area contributed by atoms with Crippen LogP contribution >= 0.6 is 11.6 Å². The zero-order chi connectivity index (χ0) is 34.6. The van der Waals surface area contributed by atoms with E-state index in [1.54, 1.807) is 36.4 Å². The number of carboxylic acids is 1. The number of carbonyl (C=O) groups is 4. The smallest absolute Gasteiger partial charge is 0.337 e. The number of esters is 1. The Kier molecular flexibility index (Phi) is 10.7. The minimum absolute atomic E-state index is 0.00232. The molecule has 3 aromatic rings. The summed E-state index contributed by atoms with van der Waals surface area (Å²) in [5.41, 5.74) is 6.08. The lowest BCUT2D eigenvalue weighted by Crippen LogP contribution is -2.46. The summed E-state index contributed by atoms with van der Waals surface area (Å²) < 4.78 is 28.5. The Balaban J connectivity index is 1.91. The average Bonchev–Trinajstić information content (AvgIpc) is 3.13. The molecular weight excluding hydrogens is 632 g/mol. The molecule has 0 bridgehead atoms. The lowest BCUT2D eigenvalue weighted by Gasteiger charge is -2.33. The van der Waals surface area contributed by atoms with Crippen molar-refractivity contribution in [3.05, 3.63) is 75.8 Å². The number of hydrogen-bond donors (Lipinski definition) is 2. The van der Waals surface area contributed by atoms with Gasteiger partial charge in [-0.05, 0) is 36.4 Å². The Morgan fingerprint density at radius 2 is 1.70 bits per heavy atom. The van der Waals surface area contributed by atoms with Gasteiger partial charge in [0.1, 0.15) is 18.0 Å². The van der Waals surface area contributed by atoms with Crippen LogP contribution in [0.25, 0.3) is 0 Å². The van der Waals surface area contributed by atoms with Gasteiger partial charge in [0.15, 0.2) is 17.3 Å². The molecule has 1 aliphatic rings. The molecule has 1 aliphatic heterocycles. The van der Waals surface area contributed by atoms with E-state index in [1.165, 1.54) is 45.3 Å². The van der Waals surface area contributed by atoms with Crippen LogP contribution in [0.3, 0.4) is 0 Å². The van der Waals surface area contributed by atoms with Crippen molar-refractivity contribution in [1.29, 1.82) is 0 Å². The van der Waals surface area contributed by atoms with Gasteiger partial charge in [-0.1, -0.05) is 37.6 Å². The summed E-state index contributed by atoms with van der Waals surface area (Å²) in [6.45, 7) is 5.02. The summed E-state index contributed by atoms with van der Waals surface area (Å²) in [6.07, 6.45) is -2.95. The van der Waals surface area contributed by atoms with Gasteiger partial charge in [-0.3, -0.25) is 14.4 Å².